The van der Waals surface area contributed by atoms with Gasteiger partial charge in [-0.2, -0.15) is 11.3 Å². The third kappa shape index (κ3) is 4.34. The van der Waals surface area contributed by atoms with Crippen LogP contribution in [0.5, 0.6) is 0 Å². The first kappa shape index (κ1) is 17.4. The molecule has 0 saturated heterocycles. The SMILES string of the molecule is CC(C)(C)c1ccc(C(=O)NCc2ccnc(-c3ccsc3)c2)cc1. The zero-order valence-corrected chi connectivity index (χ0v) is 15.6. The van der Waals surface area contributed by atoms with Gasteiger partial charge >= 0.3 is 0 Å². The molecule has 128 valence electrons. The number of carbonyl (C=O) groups is 1. The predicted molar refractivity (Wildman–Crippen MR) is 104 cm³/mol. The van der Waals surface area contributed by atoms with Crippen molar-refractivity contribution in [3.05, 3.63) is 76.1 Å². The highest BCUT2D eigenvalue weighted by molar-refractivity contribution is 7.08. The van der Waals surface area contributed by atoms with Gasteiger partial charge in [0.1, 0.15) is 0 Å². The maximum absolute atomic E-state index is 12.4. The molecule has 2 heterocycles. The van der Waals surface area contributed by atoms with Crippen LogP contribution in [0.15, 0.2) is 59.4 Å². The van der Waals surface area contributed by atoms with Crippen molar-refractivity contribution in [3.63, 3.8) is 0 Å². The van der Waals surface area contributed by atoms with Gasteiger partial charge in [0, 0.05) is 29.2 Å². The molecule has 0 fully saturated rings. The van der Waals surface area contributed by atoms with Crippen molar-refractivity contribution >= 4 is 17.2 Å². The Morgan fingerprint density at radius 3 is 2.52 bits per heavy atom. The first-order valence-corrected chi connectivity index (χ1v) is 9.24. The van der Waals surface area contributed by atoms with Gasteiger partial charge in [-0.1, -0.05) is 32.9 Å². The molecule has 3 nitrogen and oxygen atoms in total. The minimum absolute atomic E-state index is 0.0608. The average Bonchev–Trinajstić information content (AvgIpc) is 3.14. The summed E-state index contributed by atoms with van der Waals surface area (Å²) in [5.41, 5.74) is 5.07. The summed E-state index contributed by atoms with van der Waals surface area (Å²) < 4.78 is 0. The van der Waals surface area contributed by atoms with Gasteiger partial charge in [-0.05, 0) is 52.3 Å². The number of pyridine rings is 1. The second-order valence-corrected chi connectivity index (χ2v) is 7.85. The molecule has 3 aromatic rings. The Kier molecular flexibility index (Phi) is 5.00. The van der Waals surface area contributed by atoms with Gasteiger partial charge in [-0.25, -0.2) is 0 Å². The molecule has 0 aliphatic rings. The lowest BCUT2D eigenvalue weighted by atomic mass is 9.87. The number of nitrogens with one attached hydrogen (secondary N) is 1. The standard InChI is InChI=1S/C21H22N2OS/c1-21(2,3)18-6-4-16(5-7-18)20(24)23-13-15-8-10-22-19(12-15)17-9-11-25-14-17/h4-12,14H,13H2,1-3H3,(H,23,24). The third-order valence-corrected chi connectivity index (χ3v) is 4.79. The largest absolute Gasteiger partial charge is 0.348 e. The first-order chi connectivity index (χ1) is 11.9. The van der Waals surface area contributed by atoms with E-state index in [1.165, 1.54) is 5.56 Å². The molecule has 1 aromatic carbocycles. The molecule has 2 aromatic heterocycles. The molecule has 0 atom stereocenters. The van der Waals surface area contributed by atoms with E-state index in [0.717, 1.165) is 16.8 Å². The Labute approximate surface area is 152 Å². The molecule has 0 saturated carbocycles. The smallest absolute Gasteiger partial charge is 0.251 e. The minimum Gasteiger partial charge on any atom is -0.348 e. The number of benzene rings is 1. The number of nitrogens with zero attached hydrogens (tertiary/aromatic N) is 1. The number of amides is 1. The lowest BCUT2D eigenvalue weighted by Gasteiger charge is -2.19. The molecule has 1 N–H and O–H groups in total. The lowest BCUT2D eigenvalue weighted by Crippen LogP contribution is -2.23. The van der Waals surface area contributed by atoms with Crippen molar-refractivity contribution in [3.8, 4) is 11.3 Å². The van der Waals surface area contributed by atoms with Gasteiger partial charge in [-0.15, -0.1) is 0 Å². The van der Waals surface area contributed by atoms with E-state index >= 15 is 0 Å². The quantitative estimate of drug-likeness (QED) is 0.716. The molecule has 4 heteroatoms. The first-order valence-electron chi connectivity index (χ1n) is 8.30. The average molecular weight is 350 g/mol. The number of aromatic nitrogens is 1. The van der Waals surface area contributed by atoms with Crippen LogP contribution in [0.1, 0.15) is 42.3 Å². The normalized spacial score (nSPS) is 11.3. The number of hydrogen-bond acceptors (Lipinski definition) is 3. The van der Waals surface area contributed by atoms with E-state index in [1.54, 1.807) is 17.5 Å². The maximum atomic E-state index is 12.4. The van der Waals surface area contributed by atoms with Crippen molar-refractivity contribution in [2.45, 2.75) is 32.7 Å². The van der Waals surface area contributed by atoms with Gasteiger partial charge in [0.2, 0.25) is 0 Å². The topological polar surface area (TPSA) is 42.0 Å². The molecule has 0 aliphatic carbocycles. The Morgan fingerprint density at radius 2 is 1.88 bits per heavy atom. The Bertz CT molecular complexity index is 846. The monoisotopic (exact) mass is 350 g/mol. The van der Waals surface area contributed by atoms with Crippen LogP contribution in [0.2, 0.25) is 0 Å². The number of carbonyl (C=O) groups excluding carboxylic acids is 1. The fourth-order valence-corrected chi connectivity index (χ4v) is 3.21. The summed E-state index contributed by atoms with van der Waals surface area (Å²) in [6, 6.07) is 13.8. The fourth-order valence-electron chi connectivity index (χ4n) is 2.56. The fraction of sp³-hybridized carbons (Fsp3) is 0.238. The van der Waals surface area contributed by atoms with Crippen molar-refractivity contribution < 1.29 is 4.79 Å². The van der Waals surface area contributed by atoms with Crippen molar-refractivity contribution in [2.24, 2.45) is 0 Å². The molecule has 0 bridgehead atoms. The van der Waals surface area contributed by atoms with Crippen LogP contribution in [-0.4, -0.2) is 10.9 Å². The summed E-state index contributed by atoms with van der Waals surface area (Å²) >= 11 is 1.65. The van der Waals surface area contributed by atoms with Gasteiger partial charge in [-0.3, -0.25) is 9.78 Å². The van der Waals surface area contributed by atoms with E-state index in [2.05, 4.69) is 36.5 Å². The maximum Gasteiger partial charge on any atom is 0.251 e. The highest BCUT2D eigenvalue weighted by atomic mass is 32.1. The van der Waals surface area contributed by atoms with E-state index in [1.807, 2.05) is 47.8 Å². The molecule has 25 heavy (non-hydrogen) atoms. The molecular formula is C21H22N2OS. The van der Waals surface area contributed by atoms with E-state index in [4.69, 9.17) is 0 Å². The molecule has 0 unspecified atom stereocenters. The molecule has 0 radical (unpaired) electrons. The zero-order chi connectivity index (χ0) is 17.9. The second kappa shape index (κ2) is 7.19. The van der Waals surface area contributed by atoms with Crippen LogP contribution in [0, 0.1) is 0 Å². The van der Waals surface area contributed by atoms with Crippen LogP contribution in [-0.2, 0) is 12.0 Å². The molecule has 0 spiro atoms. The Morgan fingerprint density at radius 1 is 1.12 bits per heavy atom. The van der Waals surface area contributed by atoms with Gasteiger partial charge in [0.25, 0.3) is 5.91 Å². The third-order valence-electron chi connectivity index (χ3n) is 4.11. The minimum atomic E-state index is -0.0608. The summed E-state index contributed by atoms with van der Waals surface area (Å²) in [4.78, 5) is 16.8. The summed E-state index contributed by atoms with van der Waals surface area (Å²) in [5, 5.41) is 7.09. The van der Waals surface area contributed by atoms with Gasteiger partial charge in [0.15, 0.2) is 0 Å². The van der Waals surface area contributed by atoms with Crippen molar-refractivity contribution in [1.29, 1.82) is 0 Å². The van der Waals surface area contributed by atoms with E-state index in [0.29, 0.717) is 12.1 Å². The molecular weight excluding hydrogens is 328 g/mol. The van der Waals surface area contributed by atoms with E-state index in [9.17, 15) is 4.79 Å². The van der Waals surface area contributed by atoms with Crippen LogP contribution in [0.4, 0.5) is 0 Å². The van der Waals surface area contributed by atoms with Crippen LogP contribution < -0.4 is 5.32 Å². The van der Waals surface area contributed by atoms with Gasteiger partial charge < -0.3 is 5.32 Å². The van der Waals surface area contributed by atoms with Crippen LogP contribution >= 0.6 is 11.3 Å². The summed E-state index contributed by atoms with van der Waals surface area (Å²) in [7, 11) is 0. The highest BCUT2D eigenvalue weighted by Gasteiger charge is 2.14. The Balaban J connectivity index is 1.65. The number of hydrogen-bond donors (Lipinski definition) is 1. The van der Waals surface area contributed by atoms with Crippen LogP contribution in [0.3, 0.4) is 0 Å². The lowest BCUT2D eigenvalue weighted by molar-refractivity contribution is 0.0951. The van der Waals surface area contributed by atoms with Crippen molar-refractivity contribution in [1.82, 2.24) is 10.3 Å². The van der Waals surface area contributed by atoms with E-state index < -0.39 is 0 Å². The molecule has 3 rings (SSSR count). The van der Waals surface area contributed by atoms with Gasteiger partial charge in [0.05, 0.1) is 5.69 Å². The van der Waals surface area contributed by atoms with E-state index in [-0.39, 0.29) is 11.3 Å². The summed E-state index contributed by atoms with van der Waals surface area (Å²) in [6.07, 6.45) is 1.78. The second-order valence-electron chi connectivity index (χ2n) is 7.07. The van der Waals surface area contributed by atoms with Crippen molar-refractivity contribution in [2.75, 3.05) is 0 Å². The Hall–Kier alpha value is -2.46. The number of thiophene rings is 1. The predicted octanol–water partition coefficient (Wildman–Crippen LogP) is 5.04. The highest BCUT2D eigenvalue weighted by Crippen LogP contribution is 2.22. The number of rotatable bonds is 4. The zero-order valence-electron chi connectivity index (χ0n) is 14.7. The molecule has 0 aliphatic heterocycles. The summed E-state index contributed by atoms with van der Waals surface area (Å²) in [5.74, 6) is -0.0608. The van der Waals surface area contributed by atoms with Crippen LogP contribution in [0.25, 0.3) is 11.3 Å². The molecule has 1 amide bonds. The summed E-state index contributed by atoms with van der Waals surface area (Å²) in [6.45, 7) is 6.98.